The van der Waals surface area contributed by atoms with Crippen molar-refractivity contribution in [3.8, 4) is 0 Å². The molecule has 0 aromatic heterocycles. The van der Waals surface area contributed by atoms with Crippen molar-refractivity contribution >= 4 is 52.3 Å². The quantitative estimate of drug-likeness (QED) is 0.486. The third kappa shape index (κ3) is 4.76. The number of carbonyl (C=O) groups excluding carboxylic acids is 3. The first kappa shape index (κ1) is 21.4. The summed E-state index contributed by atoms with van der Waals surface area (Å²) in [6.45, 7) is 3.06. The number of nitrogens with zero attached hydrogens (tertiary/aromatic N) is 1. The van der Waals surface area contributed by atoms with Crippen LogP contribution >= 0.6 is 23.8 Å². The summed E-state index contributed by atoms with van der Waals surface area (Å²) in [6, 6.07) is 10.6. The standard InChI is InChI=1S/C22H21ClN4O3S/c1-12-2-5-16(9-17(12)23)24-22(31)26-20(29)13-3-4-14-10-27(11-15(14)8-13)18-6-7-19(28)25-21(18)30/h2-5,8-9,18H,6-7,10-11H2,1H3,(H,25,28,30)(H2,24,26,29,31). The van der Waals surface area contributed by atoms with Crippen molar-refractivity contribution < 1.29 is 14.4 Å². The zero-order chi connectivity index (χ0) is 22.1. The molecule has 0 bridgehead atoms. The Kier molecular flexibility index (Phi) is 6.04. The maximum atomic E-state index is 12.7. The van der Waals surface area contributed by atoms with Gasteiger partial charge in [0.15, 0.2) is 5.11 Å². The SMILES string of the molecule is Cc1ccc(NC(=S)NC(=O)c2ccc3c(c2)CN(C2CCC(=O)NC2=O)C3)cc1Cl. The van der Waals surface area contributed by atoms with E-state index in [1.165, 1.54) is 0 Å². The van der Waals surface area contributed by atoms with E-state index in [0.717, 1.165) is 16.7 Å². The number of carbonyl (C=O) groups is 3. The molecule has 3 N–H and O–H groups in total. The normalized spacial score (nSPS) is 18.3. The topological polar surface area (TPSA) is 90.5 Å². The molecule has 9 heteroatoms. The minimum absolute atomic E-state index is 0.176. The molecule has 0 radical (unpaired) electrons. The number of rotatable bonds is 3. The van der Waals surface area contributed by atoms with E-state index in [0.29, 0.717) is 42.2 Å². The Hall–Kier alpha value is -2.81. The molecule has 2 aromatic carbocycles. The van der Waals surface area contributed by atoms with Crippen molar-refractivity contribution in [2.24, 2.45) is 0 Å². The number of nitrogens with one attached hydrogen (secondary N) is 3. The van der Waals surface area contributed by atoms with Crippen LogP contribution in [0.1, 0.15) is 39.9 Å². The fourth-order valence-corrected chi connectivity index (χ4v) is 4.21. The summed E-state index contributed by atoms with van der Waals surface area (Å²) in [4.78, 5) is 38.2. The molecule has 31 heavy (non-hydrogen) atoms. The average Bonchev–Trinajstić information content (AvgIpc) is 3.13. The van der Waals surface area contributed by atoms with Crippen LogP contribution in [0, 0.1) is 6.92 Å². The monoisotopic (exact) mass is 456 g/mol. The molecule has 2 aromatic rings. The number of aryl methyl sites for hydroxylation is 1. The van der Waals surface area contributed by atoms with Crippen molar-refractivity contribution in [1.82, 2.24) is 15.5 Å². The lowest BCUT2D eigenvalue weighted by atomic mass is 10.0. The van der Waals surface area contributed by atoms with Crippen LogP contribution in [0.4, 0.5) is 5.69 Å². The number of imide groups is 1. The van der Waals surface area contributed by atoms with Crippen LogP contribution < -0.4 is 16.0 Å². The molecule has 0 spiro atoms. The molecule has 2 aliphatic heterocycles. The van der Waals surface area contributed by atoms with Gasteiger partial charge in [0, 0.05) is 35.8 Å². The van der Waals surface area contributed by atoms with Gasteiger partial charge in [0.25, 0.3) is 5.91 Å². The van der Waals surface area contributed by atoms with E-state index in [2.05, 4.69) is 16.0 Å². The van der Waals surface area contributed by atoms with Gasteiger partial charge in [-0.05, 0) is 66.5 Å². The highest BCUT2D eigenvalue weighted by atomic mass is 35.5. The highest BCUT2D eigenvalue weighted by Crippen LogP contribution is 2.28. The van der Waals surface area contributed by atoms with E-state index in [9.17, 15) is 14.4 Å². The van der Waals surface area contributed by atoms with Crippen LogP contribution in [0.5, 0.6) is 0 Å². The second-order valence-corrected chi connectivity index (χ2v) is 8.54. The molecule has 3 amide bonds. The number of piperidine rings is 1. The number of anilines is 1. The Labute approximate surface area is 190 Å². The number of benzene rings is 2. The number of thiocarbonyl (C=S) groups is 1. The van der Waals surface area contributed by atoms with Gasteiger partial charge in [0.2, 0.25) is 11.8 Å². The fraction of sp³-hybridized carbons (Fsp3) is 0.273. The van der Waals surface area contributed by atoms with Crippen molar-refractivity contribution in [2.45, 2.75) is 38.9 Å². The zero-order valence-corrected chi connectivity index (χ0v) is 18.4. The Morgan fingerprint density at radius 1 is 1.16 bits per heavy atom. The van der Waals surface area contributed by atoms with Crippen molar-refractivity contribution in [3.63, 3.8) is 0 Å². The molecular formula is C22H21ClN4O3S. The largest absolute Gasteiger partial charge is 0.332 e. The predicted octanol–water partition coefficient (Wildman–Crippen LogP) is 2.90. The number of fused-ring (bicyclic) bond motifs is 1. The second kappa shape index (κ2) is 8.74. The fourth-order valence-electron chi connectivity index (χ4n) is 3.82. The lowest BCUT2D eigenvalue weighted by molar-refractivity contribution is -0.137. The second-order valence-electron chi connectivity index (χ2n) is 7.73. The first-order chi connectivity index (χ1) is 14.8. The van der Waals surface area contributed by atoms with Gasteiger partial charge in [-0.2, -0.15) is 0 Å². The van der Waals surface area contributed by atoms with Crippen LogP contribution in [-0.2, 0) is 22.7 Å². The summed E-state index contributed by atoms with van der Waals surface area (Å²) in [6.07, 6.45) is 0.850. The van der Waals surface area contributed by atoms with Gasteiger partial charge in [-0.15, -0.1) is 0 Å². The molecular weight excluding hydrogens is 436 g/mol. The molecule has 2 heterocycles. The van der Waals surface area contributed by atoms with Crippen LogP contribution in [0.2, 0.25) is 5.02 Å². The van der Waals surface area contributed by atoms with E-state index >= 15 is 0 Å². The summed E-state index contributed by atoms with van der Waals surface area (Å²) < 4.78 is 0. The third-order valence-electron chi connectivity index (χ3n) is 5.52. The Morgan fingerprint density at radius 2 is 1.94 bits per heavy atom. The summed E-state index contributed by atoms with van der Waals surface area (Å²) >= 11 is 11.4. The van der Waals surface area contributed by atoms with E-state index in [-0.39, 0.29) is 28.9 Å². The maximum Gasteiger partial charge on any atom is 0.257 e. The lowest BCUT2D eigenvalue weighted by Crippen LogP contribution is -2.50. The molecule has 0 aliphatic carbocycles. The first-order valence-corrected chi connectivity index (χ1v) is 10.7. The number of amides is 3. The average molecular weight is 457 g/mol. The molecule has 160 valence electrons. The first-order valence-electron chi connectivity index (χ1n) is 9.88. The van der Waals surface area contributed by atoms with Gasteiger partial charge in [-0.3, -0.25) is 29.9 Å². The van der Waals surface area contributed by atoms with Gasteiger partial charge in [0.1, 0.15) is 0 Å². The van der Waals surface area contributed by atoms with E-state index < -0.39 is 0 Å². The number of hydrogen-bond acceptors (Lipinski definition) is 5. The third-order valence-corrected chi connectivity index (χ3v) is 6.13. The van der Waals surface area contributed by atoms with Crippen LogP contribution in [0.3, 0.4) is 0 Å². The van der Waals surface area contributed by atoms with Crippen molar-refractivity contribution in [3.05, 3.63) is 63.7 Å². The van der Waals surface area contributed by atoms with Crippen LogP contribution in [0.25, 0.3) is 0 Å². The van der Waals surface area contributed by atoms with Gasteiger partial charge in [-0.25, -0.2) is 0 Å². The molecule has 1 saturated heterocycles. The summed E-state index contributed by atoms with van der Waals surface area (Å²) in [5.41, 5.74) is 4.18. The van der Waals surface area contributed by atoms with E-state index in [1.54, 1.807) is 12.1 Å². The van der Waals surface area contributed by atoms with Crippen LogP contribution in [-0.4, -0.2) is 33.8 Å². The molecule has 7 nitrogen and oxygen atoms in total. The minimum atomic E-state index is -0.333. The predicted molar refractivity (Wildman–Crippen MR) is 122 cm³/mol. The highest BCUT2D eigenvalue weighted by Gasteiger charge is 2.34. The van der Waals surface area contributed by atoms with E-state index in [4.69, 9.17) is 23.8 Å². The Bertz CT molecular complexity index is 1100. The summed E-state index contributed by atoms with van der Waals surface area (Å²) in [5, 5.41) is 8.82. The summed E-state index contributed by atoms with van der Waals surface area (Å²) in [5.74, 6) is -0.804. The summed E-state index contributed by atoms with van der Waals surface area (Å²) in [7, 11) is 0. The minimum Gasteiger partial charge on any atom is -0.332 e. The van der Waals surface area contributed by atoms with Crippen molar-refractivity contribution in [1.29, 1.82) is 0 Å². The van der Waals surface area contributed by atoms with Crippen LogP contribution in [0.15, 0.2) is 36.4 Å². The Balaban J connectivity index is 1.39. The molecule has 2 aliphatic rings. The lowest BCUT2D eigenvalue weighted by Gasteiger charge is -2.29. The smallest absolute Gasteiger partial charge is 0.257 e. The molecule has 1 unspecified atom stereocenters. The molecule has 1 fully saturated rings. The van der Waals surface area contributed by atoms with Gasteiger partial charge in [-0.1, -0.05) is 23.7 Å². The maximum absolute atomic E-state index is 12.7. The zero-order valence-electron chi connectivity index (χ0n) is 16.8. The van der Waals surface area contributed by atoms with Gasteiger partial charge < -0.3 is 5.32 Å². The molecule has 1 atom stereocenters. The van der Waals surface area contributed by atoms with E-state index in [1.807, 2.05) is 36.1 Å². The Morgan fingerprint density at radius 3 is 2.68 bits per heavy atom. The van der Waals surface area contributed by atoms with Gasteiger partial charge >= 0.3 is 0 Å². The van der Waals surface area contributed by atoms with Gasteiger partial charge in [0.05, 0.1) is 6.04 Å². The molecule has 4 rings (SSSR count). The molecule has 0 saturated carbocycles. The number of halogens is 1. The number of hydrogen-bond donors (Lipinski definition) is 3. The van der Waals surface area contributed by atoms with Crippen molar-refractivity contribution in [2.75, 3.05) is 5.32 Å². The highest BCUT2D eigenvalue weighted by molar-refractivity contribution is 7.80.